The monoisotopic (exact) mass is 255 g/mol. The van der Waals surface area contributed by atoms with Crippen LogP contribution in [0.15, 0.2) is 23.0 Å². The summed E-state index contributed by atoms with van der Waals surface area (Å²) in [4.78, 5) is 11.7. The smallest absolute Gasteiger partial charge is 0.271 e. The summed E-state index contributed by atoms with van der Waals surface area (Å²) in [5, 5.41) is 3.17. The number of hydrogen-bond acceptors (Lipinski definition) is 2. The number of halogens is 2. The van der Waals surface area contributed by atoms with E-state index >= 15 is 0 Å². The Hall–Kier alpha value is -1.59. The number of rotatable bonds is 2. The second-order valence-corrected chi connectivity index (χ2v) is 4.09. The number of aromatic amines is 1. The number of nitrogens with one attached hydrogen (secondary N) is 1. The van der Waals surface area contributed by atoms with Crippen LogP contribution in [0, 0.1) is 5.82 Å². The molecule has 2 rings (SSSR count). The van der Waals surface area contributed by atoms with E-state index in [4.69, 9.17) is 17.3 Å². The largest absolute Gasteiger partial charge is 0.326 e. The summed E-state index contributed by atoms with van der Waals surface area (Å²) in [6, 6.07) is 4.16. The van der Waals surface area contributed by atoms with E-state index in [1.807, 2.05) is 0 Å². The topological polar surface area (TPSA) is 63.8 Å². The van der Waals surface area contributed by atoms with E-state index in [-0.39, 0.29) is 17.7 Å². The molecule has 0 aliphatic carbocycles. The first-order valence-corrected chi connectivity index (χ1v) is 5.35. The van der Waals surface area contributed by atoms with Crippen molar-refractivity contribution >= 4 is 11.6 Å². The molecule has 1 aromatic heterocycles. The Morgan fingerprint density at radius 2 is 2.24 bits per heavy atom. The molecule has 0 aliphatic heterocycles. The van der Waals surface area contributed by atoms with Gasteiger partial charge in [0.25, 0.3) is 5.56 Å². The van der Waals surface area contributed by atoms with Crippen LogP contribution in [0.5, 0.6) is 0 Å². The number of nitrogens with zero attached hydrogens (tertiary/aromatic N) is 1. The van der Waals surface area contributed by atoms with E-state index < -0.39 is 5.82 Å². The molecule has 0 saturated carbocycles. The minimum atomic E-state index is -0.453. The van der Waals surface area contributed by atoms with Crippen LogP contribution >= 0.6 is 11.6 Å². The summed E-state index contributed by atoms with van der Waals surface area (Å²) in [6.07, 6.45) is 0. The molecule has 0 unspecified atom stereocenters. The van der Waals surface area contributed by atoms with Crippen LogP contribution in [0.3, 0.4) is 0 Å². The van der Waals surface area contributed by atoms with Gasteiger partial charge in [0.1, 0.15) is 5.82 Å². The van der Waals surface area contributed by atoms with Gasteiger partial charge in [-0.2, -0.15) is 0 Å². The van der Waals surface area contributed by atoms with Crippen molar-refractivity contribution < 1.29 is 4.39 Å². The summed E-state index contributed by atoms with van der Waals surface area (Å²) in [5.41, 5.74) is 6.20. The Labute approximate surface area is 102 Å². The number of aromatic nitrogens is 2. The molecule has 3 N–H and O–H groups in total. The standard InChI is InChI=1S/C11H11ClFN3O/c1-16-11(17)8(5-14)10(15-16)7-4-6(12)2-3-9(7)13/h2-4,15H,5,14H2,1H3. The van der Waals surface area contributed by atoms with E-state index in [1.54, 1.807) is 7.05 Å². The van der Waals surface area contributed by atoms with Crippen molar-refractivity contribution in [3.8, 4) is 11.3 Å². The third kappa shape index (κ3) is 1.99. The Balaban J connectivity index is 2.72. The lowest BCUT2D eigenvalue weighted by Gasteiger charge is -2.03. The molecule has 90 valence electrons. The average Bonchev–Trinajstić information content (AvgIpc) is 2.58. The first-order valence-electron chi connectivity index (χ1n) is 4.98. The molecule has 2 aromatic rings. The van der Waals surface area contributed by atoms with Gasteiger partial charge in [0.15, 0.2) is 0 Å². The van der Waals surface area contributed by atoms with Crippen molar-refractivity contribution in [3.05, 3.63) is 45.0 Å². The van der Waals surface area contributed by atoms with Crippen molar-refractivity contribution in [3.63, 3.8) is 0 Å². The van der Waals surface area contributed by atoms with E-state index in [1.165, 1.54) is 22.9 Å². The second kappa shape index (κ2) is 4.35. The molecule has 0 atom stereocenters. The third-order valence-corrected chi connectivity index (χ3v) is 2.78. The minimum absolute atomic E-state index is 0.0391. The molecule has 0 saturated heterocycles. The SMILES string of the molecule is Cn1[nH]c(-c2cc(Cl)ccc2F)c(CN)c1=O. The van der Waals surface area contributed by atoms with Crippen molar-refractivity contribution in [2.24, 2.45) is 12.8 Å². The van der Waals surface area contributed by atoms with Gasteiger partial charge in [-0.15, -0.1) is 0 Å². The van der Waals surface area contributed by atoms with E-state index in [0.29, 0.717) is 16.3 Å². The molecule has 0 aliphatic rings. The Morgan fingerprint density at radius 3 is 2.88 bits per heavy atom. The maximum atomic E-state index is 13.7. The maximum absolute atomic E-state index is 13.7. The fraction of sp³-hybridized carbons (Fsp3) is 0.182. The van der Waals surface area contributed by atoms with Crippen molar-refractivity contribution in [1.29, 1.82) is 0 Å². The molecule has 0 radical (unpaired) electrons. The van der Waals surface area contributed by atoms with Gasteiger partial charge in [0, 0.05) is 24.2 Å². The molecule has 0 amide bonds. The number of hydrogen-bond donors (Lipinski definition) is 2. The van der Waals surface area contributed by atoms with Crippen LogP contribution in [0.4, 0.5) is 4.39 Å². The molecule has 17 heavy (non-hydrogen) atoms. The zero-order valence-electron chi connectivity index (χ0n) is 9.13. The van der Waals surface area contributed by atoms with Crippen molar-refractivity contribution in [2.75, 3.05) is 0 Å². The van der Waals surface area contributed by atoms with Gasteiger partial charge in [-0.1, -0.05) is 11.6 Å². The Morgan fingerprint density at radius 1 is 1.53 bits per heavy atom. The lowest BCUT2D eigenvalue weighted by molar-refractivity contribution is 0.629. The summed E-state index contributed by atoms with van der Waals surface area (Å²) in [7, 11) is 1.55. The lowest BCUT2D eigenvalue weighted by Crippen LogP contribution is -2.17. The molecule has 1 aromatic carbocycles. The van der Waals surface area contributed by atoms with Crippen LogP contribution in [0.2, 0.25) is 5.02 Å². The summed E-state index contributed by atoms with van der Waals surface area (Å²) in [5.74, 6) is -0.453. The molecular weight excluding hydrogens is 245 g/mol. The zero-order valence-corrected chi connectivity index (χ0v) is 9.88. The Kier molecular flexibility index (Phi) is 3.04. The summed E-state index contributed by atoms with van der Waals surface area (Å²) < 4.78 is 14.9. The minimum Gasteiger partial charge on any atom is -0.326 e. The first-order chi connectivity index (χ1) is 8.04. The highest BCUT2D eigenvalue weighted by atomic mass is 35.5. The van der Waals surface area contributed by atoms with Crippen LogP contribution in [0.1, 0.15) is 5.56 Å². The van der Waals surface area contributed by atoms with Crippen LogP contribution < -0.4 is 11.3 Å². The number of nitrogens with two attached hydrogens (primary N) is 1. The summed E-state index contributed by atoms with van der Waals surface area (Å²) >= 11 is 5.81. The maximum Gasteiger partial charge on any atom is 0.271 e. The molecular formula is C11H11ClFN3O. The third-order valence-electron chi connectivity index (χ3n) is 2.55. The fourth-order valence-corrected chi connectivity index (χ4v) is 1.87. The molecule has 0 bridgehead atoms. The molecule has 1 heterocycles. The van der Waals surface area contributed by atoms with Gasteiger partial charge in [-0.25, -0.2) is 4.39 Å². The first kappa shape index (κ1) is 11.9. The molecule has 6 heteroatoms. The van der Waals surface area contributed by atoms with Crippen LogP contribution in [0.25, 0.3) is 11.3 Å². The van der Waals surface area contributed by atoms with Gasteiger partial charge in [0.05, 0.1) is 11.3 Å². The quantitative estimate of drug-likeness (QED) is 0.857. The van der Waals surface area contributed by atoms with Gasteiger partial charge in [-0.3, -0.25) is 14.6 Å². The predicted octanol–water partition coefficient (Wildman–Crippen LogP) is 1.63. The normalized spacial score (nSPS) is 10.8. The van der Waals surface area contributed by atoms with Gasteiger partial charge in [-0.05, 0) is 18.2 Å². The average molecular weight is 256 g/mol. The zero-order chi connectivity index (χ0) is 12.6. The molecule has 0 fully saturated rings. The van der Waals surface area contributed by atoms with E-state index in [2.05, 4.69) is 5.10 Å². The highest BCUT2D eigenvalue weighted by molar-refractivity contribution is 6.30. The lowest BCUT2D eigenvalue weighted by atomic mass is 10.1. The molecule has 0 spiro atoms. The van der Waals surface area contributed by atoms with E-state index in [0.717, 1.165) is 0 Å². The predicted molar refractivity (Wildman–Crippen MR) is 64.3 cm³/mol. The van der Waals surface area contributed by atoms with Gasteiger partial charge < -0.3 is 5.73 Å². The van der Waals surface area contributed by atoms with E-state index in [9.17, 15) is 9.18 Å². The van der Waals surface area contributed by atoms with Gasteiger partial charge in [0.2, 0.25) is 0 Å². The number of benzene rings is 1. The van der Waals surface area contributed by atoms with Crippen molar-refractivity contribution in [2.45, 2.75) is 6.54 Å². The summed E-state index contributed by atoms with van der Waals surface area (Å²) in [6.45, 7) is 0.0391. The van der Waals surface area contributed by atoms with Crippen molar-refractivity contribution in [1.82, 2.24) is 9.78 Å². The molecule has 4 nitrogen and oxygen atoms in total. The van der Waals surface area contributed by atoms with Crippen LogP contribution in [-0.2, 0) is 13.6 Å². The highest BCUT2D eigenvalue weighted by Gasteiger charge is 2.16. The van der Waals surface area contributed by atoms with Gasteiger partial charge >= 0.3 is 0 Å². The second-order valence-electron chi connectivity index (χ2n) is 3.66. The number of aryl methyl sites for hydroxylation is 1. The fourth-order valence-electron chi connectivity index (χ4n) is 1.70. The Bertz CT molecular complexity index is 618. The highest BCUT2D eigenvalue weighted by Crippen LogP contribution is 2.25. The van der Waals surface area contributed by atoms with Crippen LogP contribution in [-0.4, -0.2) is 9.78 Å². The number of H-pyrrole nitrogens is 1.